The Morgan fingerprint density at radius 1 is 0.941 bits per heavy atom. The van der Waals surface area contributed by atoms with Crippen molar-refractivity contribution in [3.63, 3.8) is 0 Å². The van der Waals surface area contributed by atoms with Crippen LogP contribution in [0.3, 0.4) is 0 Å². The van der Waals surface area contributed by atoms with Gasteiger partial charge in [0.05, 0.1) is 32.0 Å². The maximum atomic E-state index is 12.0. The Balaban J connectivity index is 1.88. The fraction of sp³-hybridized carbons (Fsp3) is 0.192. The lowest BCUT2D eigenvalue weighted by atomic mass is 10.00. The molecule has 0 aliphatic carbocycles. The van der Waals surface area contributed by atoms with Gasteiger partial charge in [-0.2, -0.15) is 5.10 Å². The summed E-state index contributed by atoms with van der Waals surface area (Å²) in [5.41, 5.74) is 3.97. The second-order valence-corrected chi connectivity index (χ2v) is 11.6. The molecule has 0 spiro atoms. The van der Waals surface area contributed by atoms with Crippen molar-refractivity contribution in [1.29, 1.82) is 0 Å². The molecule has 1 N–H and O–H groups in total. The van der Waals surface area contributed by atoms with Gasteiger partial charge in [-0.15, -0.1) is 0 Å². The summed E-state index contributed by atoms with van der Waals surface area (Å²) in [4.78, 5) is 0.269. The molecule has 0 saturated carbocycles. The smallest absolute Gasteiger partial charge is 0.175 e. The number of sulfone groups is 1. The molecule has 0 bridgehead atoms. The first kappa shape index (κ1) is 24.5. The molecule has 0 radical (unpaired) electrons. The fourth-order valence-corrected chi connectivity index (χ4v) is 5.05. The number of hydrogen-bond acceptors (Lipinski definition) is 4. The Labute approximate surface area is 209 Å². The first-order valence-corrected chi connectivity index (χ1v) is 13.2. The molecule has 0 atom stereocenters. The molecule has 176 valence electrons. The standard InChI is InChI=1S/C26H24Cl2N2O3S/c1-16-13-18(11-12-20(16)17-7-5-8-19(14-17)34(4,32)33)30-23(15-24(29-30)26(2,3)31)25-21(27)9-6-10-22(25)28/h5-15,31H,1-4H3. The minimum atomic E-state index is -3.32. The highest BCUT2D eigenvalue weighted by Crippen LogP contribution is 2.38. The predicted octanol–water partition coefficient (Wildman–Crippen LogP) is 6.45. The van der Waals surface area contributed by atoms with Gasteiger partial charge in [0.25, 0.3) is 0 Å². The molecule has 3 aromatic carbocycles. The zero-order chi connectivity index (χ0) is 24.8. The number of halogens is 2. The average molecular weight is 515 g/mol. The van der Waals surface area contributed by atoms with Crippen LogP contribution in [0.15, 0.2) is 71.6 Å². The lowest BCUT2D eigenvalue weighted by Crippen LogP contribution is -2.16. The molecule has 0 saturated heterocycles. The highest BCUT2D eigenvalue weighted by atomic mass is 35.5. The van der Waals surface area contributed by atoms with Crippen molar-refractivity contribution in [3.05, 3.63) is 88.0 Å². The average Bonchev–Trinajstić information content (AvgIpc) is 3.18. The van der Waals surface area contributed by atoms with E-state index in [1.165, 1.54) is 6.26 Å². The Bertz CT molecular complexity index is 1480. The molecular weight excluding hydrogens is 491 g/mol. The summed E-state index contributed by atoms with van der Waals surface area (Å²) in [5.74, 6) is 0. The number of rotatable bonds is 5. The van der Waals surface area contributed by atoms with Crippen LogP contribution in [0.5, 0.6) is 0 Å². The van der Waals surface area contributed by atoms with E-state index in [0.717, 1.165) is 22.4 Å². The first-order chi connectivity index (χ1) is 15.9. The topological polar surface area (TPSA) is 72.2 Å². The van der Waals surface area contributed by atoms with Gasteiger partial charge in [0.2, 0.25) is 0 Å². The Hall–Kier alpha value is -2.64. The van der Waals surface area contributed by atoms with Crippen molar-refractivity contribution in [2.75, 3.05) is 6.26 Å². The van der Waals surface area contributed by atoms with E-state index in [4.69, 9.17) is 23.2 Å². The Kier molecular flexibility index (Phi) is 6.38. The fourth-order valence-electron chi connectivity index (χ4n) is 3.80. The van der Waals surface area contributed by atoms with Gasteiger partial charge in [0.15, 0.2) is 9.84 Å². The van der Waals surface area contributed by atoms with Crippen LogP contribution in [0.4, 0.5) is 0 Å². The van der Waals surface area contributed by atoms with E-state index in [0.29, 0.717) is 27.0 Å². The van der Waals surface area contributed by atoms with E-state index in [9.17, 15) is 13.5 Å². The summed E-state index contributed by atoms with van der Waals surface area (Å²) in [5, 5.41) is 16.2. The molecule has 5 nitrogen and oxygen atoms in total. The molecule has 0 aliphatic heterocycles. The van der Waals surface area contributed by atoms with Gasteiger partial charge in [0, 0.05) is 11.8 Å². The zero-order valence-electron chi connectivity index (χ0n) is 19.2. The molecule has 1 heterocycles. The molecular formula is C26H24Cl2N2O3S. The summed E-state index contributed by atoms with van der Waals surface area (Å²) in [6.07, 6.45) is 1.20. The van der Waals surface area contributed by atoms with Gasteiger partial charge in [-0.05, 0) is 79.9 Å². The molecule has 4 aromatic rings. The van der Waals surface area contributed by atoms with Crippen LogP contribution in [0.2, 0.25) is 10.0 Å². The SMILES string of the molecule is Cc1cc(-n2nc(C(C)(C)O)cc2-c2c(Cl)cccc2Cl)ccc1-c1cccc(S(C)(=O)=O)c1. The van der Waals surface area contributed by atoms with E-state index in [-0.39, 0.29) is 4.90 Å². The number of benzene rings is 3. The van der Waals surface area contributed by atoms with Crippen molar-refractivity contribution >= 4 is 33.0 Å². The number of nitrogens with zero attached hydrogens (tertiary/aromatic N) is 2. The third-order valence-electron chi connectivity index (χ3n) is 5.58. The van der Waals surface area contributed by atoms with Crippen LogP contribution in [-0.4, -0.2) is 29.6 Å². The normalized spacial score (nSPS) is 12.2. The van der Waals surface area contributed by atoms with Gasteiger partial charge in [-0.3, -0.25) is 0 Å². The molecule has 0 fully saturated rings. The van der Waals surface area contributed by atoms with E-state index in [1.807, 2.05) is 31.2 Å². The van der Waals surface area contributed by atoms with Gasteiger partial charge < -0.3 is 5.11 Å². The van der Waals surface area contributed by atoms with Crippen LogP contribution in [-0.2, 0) is 15.4 Å². The highest BCUT2D eigenvalue weighted by Gasteiger charge is 2.25. The van der Waals surface area contributed by atoms with Crippen molar-refractivity contribution in [2.24, 2.45) is 0 Å². The maximum absolute atomic E-state index is 12.0. The van der Waals surface area contributed by atoms with E-state index >= 15 is 0 Å². The summed E-state index contributed by atoms with van der Waals surface area (Å²) >= 11 is 13.0. The number of aliphatic hydroxyl groups is 1. The molecule has 0 amide bonds. The molecule has 0 aliphatic rings. The molecule has 34 heavy (non-hydrogen) atoms. The number of hydrogen-bond donors (Lipinski definition) is 1. The summed E-state index contributed by atoms with van der Waals surface area (Å²) in [6.45, 7) is 5.29. The van der Waals surface area contributed by atoms with E-state index in [1.54, 1.807) is 61.0 Å². The molecule has 4 rings (SSSR count). The second kappa shape index (κ2) is 8.86. The zero-order valence-corrected chi connectivity index (χ0v) is 21.5. The van der Waals surface area contributed by atoms with Gasteiger partial charge in [0.1, 0.15) is 5.60 Å². The molecule has 1 aromatic heterocycles. The lowest BCUT2D eigenvalue weighted by molar-refractivity contribution is 0.0734. The van der Waals surface area contributed by atoms with Crippen molar-refractivity contribution < 1.29 is 13.5 Å². The Morgan fingerprint density at radius 2 is 1.59 bits per heavy atom. The second-order valence-electron chi connectivity index (χ2n) is 8.78. The summed E-state index contributed by atoms with van der Waals surface area (Å²) in [6, 6.07) is 19.7. The van der Waals surface area contributed by atoms with Crippen LogP contribution in [0.1, 0.15) is 25.1 Å². The molecule has 0 unspecified atom stereocenters. The van der Waals surface area contributed by atoms with Crippen molar-refractivity contribution in [1.82, 2.24) is 9.78 Å². The Morgan fingerprint density at radius 3 is 2.18 bits per heavy atom. The number of aromatic nitrogens is 2. The third kappa shape index (κ3) is 4.77. The van der Waals surface area contributed by atoms with E-state index in [2.05, 4.69) is 5.10 Å². The van der Waals surface area contributed by atoms with Crippen molar-refractivity contribution in [2.45, 2.75) is 31.3 Å². The van der Waals surface area contributed by atoms with Crippen LogP contribution < -0.4 is 0 Å². The largest absolute Gasteiger partial charge is 0.384 e. The number of aryl methyl sites for hydroxylation is 1. The molecule has 8 heteroatoms. The minimum Gasteiger partial charge on any atom is -0.384 e. The summed E-state index contributed by atoms with van der Waals surface area (Å²) in [7, 11) is -3.32. The monoisotopic (exact) mass is 514 g/mol. The predicted molar refractivity (Wildman–Crippen MR) is 138 cm³/mol. The van der Waals surface area contributed by atoms with Gasteiger partial charge >= 0.3 is 0 Å². The first-order valence-electron chi connectivity index (χ1n) is 10.5. The third-order valence-corrected chi connectivity index (χ3v) is 7.32. The van der Waals surface area contributed by atoms with Gasteiger partial charge in [-0.1, -0.05) is 47.5 Å². The quantitative estimate of drug-likeness (QED) is 0.332. The minimum absolute atomic E-state index is 0.269. The van der Waals surface area contributed by atoms with E-state index < -0.39 is 15.4 Å². The van der Waals surface area contributed by atoms with Crippen LogP contribution in [0, 0.1) is 6.92 Å². The maximum Gasteiger partial charge on any atom is 0.175 e. The van der Waals surface area contributed by atoms with Crippen LogP contribution >= 0.6 is 23.2 Å². The van der Waals surface area contributed by atoms with Gasteiger partial charge in [-0.25, -0.2) is 13.1 Å². The van der Waals surface area contributed by atoms with Crippen LogP contribution in [0.25, 0.3) is 28.1 Å². The highest BCUT2D eigenvalue weighted by molar-refractivity contribution is 7.90. The lowest BCUT2D eigenvalue weighted by Gasteiger charge is -2.14. The summed E-state index contributed by atoms with van der Waals surface area (Å²) < 4.78 is 25.7. The van der Waals surface area contributed by atoms with Crippen molar-refractivity contribution in [3.8, 4) is 28.1 Å².